The lowest BCUT2D eigenvalue weighted by atomic mass is 10.0. The molecule has 1 aromatic rings. The molecule has 1 heterocycles. The average Bonchev–Trinajstić information content (AvgIpc) is 3.04. The molecule has 0 saturated heterocycles. The van der Waals surface area contributed by atoms with Gasteiger partial charge in [0.1, 0.15) is 12.4 Å². The van der Waals surface area contributed by atoms with Crippen LogP contribution in [0.3, 0.4) is 0 Å². The Labute approximate surface area is 164 Å². The van der Waals surface area contributed by atoms with Crippen LogP contribution >= 0.6 is 0 Å². The molecule has 0 saturated carbocycles. The second kappa shape index (κ2) is 16.4. The van der Waals surface area contributed by atoms with Crippen molar-refractivity contribution in [2.45, 2.75) is 137 Å². The van der Waals surface area contributed by atoms with E-state index in [0.29, 0.717) is 0 Å². The number of aromatic nitrogens is 2. The third-order valence-corrected chi connectivity index (χ3v) is 5.65. The molecular weight excluding hydrogens is 316 g/mol. The molecule has 0 amide bonds. The Balaban J connectivity index is 1.94. The summed E-state index contributed by atoms with van der Waals surface area (Å²) in [6.45, 7) is 9.09. The van der Waals surface area contributed by atoms with E-state index < -0.39 is 0 Å². The average molecular weight is 364 g/mol. The summed E-state index contributed by atoms with van der Waals surface area (Å²) in [5, 5.41) is 0. The molecular formula is C24H47N2+. The molecule has 2 nitrogen and oxygen atoms in total. The van der Waals surface area contributed by atoms with Crippen molar-refractivity contribution in [3.05, 3.63) is 18.2 Å². The Hall–Kier alpha value is -0.790. The molecule has 0 aliphatic carbocycles. The molecule has 0 spiro atoms. The molecule has 2 heteroatoms. The standard InChI is InChI=1S/C24H47N2/c1-4-7-8-9-10-11-12-13-14-15-16-17-18-19-20-24-25(6-3)22-23-26(24)21-5-2/h22-23H,4-21H2,1-3H3/q+1. The van der Waals surface area contributed by atoms with Gasteiger partial charge in [-0.3, -0.25) is 0 Å². The molecule has 0 fully saturated rings. The number of rotatable bonds is 18. The lowest BCUT2D eigenvalue weighted by Crippen LogP contribution is -2.36. The van der Waals surface area contributed by atoms with Gasteiger partial charge in [-0.25, -0.2) is 9.13 Å². The maximum Gasteiger partial charge on any atom is 0.256 e. The van der Waals surface area contributed by atoms with Gasteiger partial charge < -0.3 is 0 Å². The van der Waals surface area contributed by atoms with E-state index in [1.165, 1.54) is 115 Å². The number of hydrogen-bond acceptors (Lipinski definition) is 0. The maximum atomic E-state index is 2.46. The number of imidazole rings is 1. The Bertz CT molecular complexity index is 422. The predicted octanol–water partition coefficient (Wildman–Crippen LogP) is 7.23. The van der Waals surface area contributed by atoms with Gasteiger partial charge in [0.25, 0.3) is 5.82 Å². The largest absolute Gasteiger partial charge is 0.256 e. The minimum atomic E-state index is 1.10. The number of nitrogens with zero attached hydrogens (tertiary/aromatic N) is 2. The van der Waals surface area contributed by atoms with Gasteiger partial charge in [0.15, 0.2) is 0 Å². The van der Waals surface area contributed by atoms with Gasteiger partial charge in [-0.15, -0.1) is 0 Å². The topological polar surface area (TPSA) is 8.81 Å². The van der Waals surface area contributed by atoms with Crippen molar-refractivity contribution in [3.63, 3.8) is 0 Å². The third-order valence-electron chi connectivity index (χ3n) is 5.65. The molecule has 0 aliphatic rings. The zero-order valence-electron chi connectivity index (χ0n) is 18.3. The molecule has 0 unspecified atom stereocenters. The summed E-state index contributed by atoms with van der Waals surface area (Å²) in [6, 6.07) is 0. The highest BCUT2D eigenvalue weighted by molar-refractivity contribution is 4.84. The minimum absolute atomic E-state index is 1.10. The molecule has 26 heavy (non-hydrogen) atoms. The van der Waals surface area contributed by atoms with Crippen molar-refractivity contribution in [1.82, 2.24) is 4.57 Å². The monoisotopic (exact) mass is 363 g/mol. The zero-order chi connectivity index (χ0) is 18.9. The maximum absolute atomic E-state index is 2.46. The Morgan fingerprint density at radius 1 is 0.654 bits per heavy atom. The van der Waals surface area contributed by atoms with Gasteiger partial charge in [0.05, 0.1) is 13.1 Å². The van der Waals surface area contributed by atoms with Gasteiger partial charge >= 0.3 is 0 Å². The summed E-state index contributed by atoms with van der Waals surface area (Å²) < 4.78 is 4.89. The van der Waals surface area contributed by atoms with E-state index >= 15 is 0 Å². The van der Waals surface area contributed by atoms with E-state index in [-0.39, 0.29) is 0 Å². The van der Waals surface area contributed by atoms with Crippen LogP contribution in [0.5, 0.6) is 0 Å². The van der Waals surface area contributed by atoms with E-state index in [4.69, 9.17) is 0 Å². The van der Waals surface area contributed by atoms with E-state index in [1.54, 1.807) is 0 Å². The van der Waals surface area contributed by atoms with Crippen LogP contribution in [0.25, 0.3) is 0 Å². The fraction of sp³-hybridized carbons (Fsp3) is 0.875. The summed E-state index contributed by atoms with van der Waals surface area (Å²) in [5.41, 5.74) is 0. The molecule has 0 N–H and O–H groups in total. The van der Waals surface area contributed by atoms with Crippen molar-refractivity contribution >= 4 is 0 Å². The van der Waals surface area contributed by atoms with Crippen molar-refractivity contribution in [2.75, 3.05) is 0 Å². The molecule has 1 rings (SSSR count). The van der Waals surface area contributed by atoms with Crippen LogP contribution < -0.4 is 4.57 Å². The van der Waals surface area contributed by atoms with Crippen LogP contribution in [-0.2, 0) is 19.5 Å². The van der Waals surface area contributed by atoms with E-state index in [1.807, 2.05) is 0 Å². The summed E-state index contributed by atoms with van der Waals surface area (Å²) in [4.78, 5) is 0. The van der Waals surface area contributed by atoms with Gasteiger partial charge in [-0.2, -0.15) is 0 Å². The number of hydrogen-bond donors (Lipinski definition) is 0. The third kappa shape index (κ3) is 10.4. The van der Waals surface area contributed by atoms with Gasteiger partial charge in [0, 0.05) is 6.42 Å². The summed E-state index contributed by atoms with van der Waals surface area (Å²) in [7, 11) is 0. The Morgan fingerprint density at radius 2 is 1.15 bits per heavy atom. The predicted molar refractivity (Wildman–Crippen MR) is 115 cm³/mol. The highest BCUT2D eigenvalue weighted by atomic mass is 15.1. The normalized spacial score (nSPS) is 11.3. The first-order valence-corrected chi connectivity index (χ1v) is 11.9. The fourth-order valence-electron chi connectivity index (χ4n) is 4.00. The van der Waals surface area contributed by atoms with E-state index in [9.17, 15) is 0 Å². The summed E-state index contributed by atoms with van der Waals surface area (Å²) >= 11 is 0. The smallest absolute Gasteiger partial charge is 0.235 e. The summed E-state index contributed by atoms with van der Waals surface area (Å²) in [5.74, 6) is 1.54. The summed E-state index contributed by atoms with van der Waals surface area (Å²) in [6.07, 6.45) is 27.1. The molecule has 0 bridgehead atoms. The zero-order valence-corrected chi connectivity index (χ0v) is 18.3. The minimum Gasteiger partial charge on any atom is -0.235 e. The highest BCUT2D eigenvalue weighted by Gasteiger charge is 2.14. The number of unbranched alkanes of at least 4 members (excludes halogenated alkanes) is 13. The van der Waals surface area contributed by atoms with Crippen molar-refractivity contribution in [2.24, 2.45) is 0 Å². The van der Waals surface area contributed by atoms with Gasteiger partial charge in [0.2, 0.25) is 0 Å². The highest BCUT2D eigenvalue weighted by Crippen LogP contribution is 2.13. The molecule has 152 valence electrons. The first kappa shape index (κ1) is 23.2. The van der Waals surface area contributed by atoms with Gasteiger partial charge in [-0.05, 0) is 19.8 Å². The Kier molecular flexibility index (Phi) is 14.7. The molecule has 0 aliphatic heterocycles. The van der Waals surface area contributed by atoms with Crippen LogP contribution in [0.1, 0.15) is 123 Å². The molecule has 0 radical (unpaired) electrons. The molecule has 0 aromatic carbocycles. The molecule has 0 atom stereocenters. The van der Waals surface area contributed by atoms with Gasteiger partial charge in [-0.1, -0.05) is 97.3 Å². The second-order valence-corrected chi connectivity index (χ2v) is 8.04. The lowest BCUT2D eigenvalue weighted by molar-refractivity contribution is -0.700. The van der Waals surface area contributed by atoms with Crippen molar-refractivity contribution in [1.29, 1.82) is 0 Å². The van der Waals surface area contributed by atoms with Crippen LogP contribution in [0.4, 0.5) is 0 Å². The lowest BCUT2D eigenvalue weighted by Gasteiger charge is -2.04. The quantitative estimate of drug-likeness (QED) is 0.192. The van der Waals surface area contributed by atoms with Crippen molar-refractivity contribution < 1.29 is 4.57 Å². The Morgan fingerprint density at radius 3 is 1.62 bits per heavy atom. The van der Waals surface area contributed by atoms with E-state index in [2.05, 4.69) is 42.3 Å². The number of aryl methyl sites for hydroxylation is 2. The first-order valence-electron chi connectivity index (χ1n) is 11.9. The van der Waals surface area contributed by atoms with Crippen molar-refractivity contribution in [3.8, 4) is 0 Å². The fourth-order valence-corrected chi connectivity index (χ4v) is 4.00. The second-order valence-electron chi connectivity index (χ2n) is 8.04. The van der Waals surface area contributed by atoms with Crippen LogP contribution in [-0.4, -0.2) is 4.57 Å². The SMILES string of the molecule is CCCCCCCCCCCCCCCCc1n(CCC)cc[n+]1CC. The van der Waals surface area contributed by atoms with Crippen LogP contribution in [0, 0.1) is 0 Å². The van der Waals surface area contributed by atoms with E-state index in [0.717, 1.165) is 6.54 Å². The first-order chi connectivity index (χ1) is 12.8. The van der Waals surface area contributed by atoms with Crippen LogP contribution in [0.15, 0.2) is 12.4 Å². The molecule has 1 aromatic heterocycles. The van der Waals surface area contributed by atoms with Crippen LogP contribution in [0.2, 0.25) is 0 Å².